The van der Waals surface area contributed by atoms with E-state index in [0.29, 0.717) is 19.0 Å². The van der Waals surface area contributed by atoms with Crippen LogP contribution in [0.3, 0.4) is 0 Å². The molecule has 0 saturated carbocycles. The maximum Gasteiger partial charge on any atom is 0.0990 e. The second kappa shape index (κ2) is 3.01. The fourth-order valence-corrected chi connectivity index (χ4v) is 0.933. The first-order chi connectivity index (χ1) is 4.70. The van der Waals surface area contributed by atoms with Crippen molar-refractivity contribution in [3.05, 3.63) is 0 Å². The minimum Gasteiger partial charge on any atom is -0.389 e. The third kappa shape index (κ3) is 1.70. The fourth-order valence-electron chi connectivity index (χ4n) is 0.933. The van der Waals surface area contributed by atoms with Crippen molar-refractivity contribution in [2.75, 3.05) is 13.1 Å². The van der Waals surface area contributed by atoms with E-state index in [2.05, 4.69) is 24.2 Å². The predicted octanol–water partition coefficient (Wildman–Crippen LogP) is 0.00500. The summed E-state index contributed by atoms with van der Waals surface area (Å²) in [5.74, 6) is 1.47. The van der Waals surface area contributed by atoms with Crippen LogP contribution in [0.2, 0.25) is 0 Å². The van der Waals surface area contributed by atoms with E-state index in [4.69, 9.17) is 5.11 Å². The van der Waals surface area contributed by atoms with Crippen LogP contribution >= 0.6 is 0 Å². The Morgan fingerprint density at radius 3 is 2.80 bits per heavy atom. The van der Waals surface area contributed by atoms with Crippen molar-refractivity contribution in [3.8, 4) is 0 Å². The molecular formula is C7H14N2O. The molecule has 10 heavy (non-hydrogen) atoms. The van der Waals surface area contributed by atoms with Crippen LogP contribution < -0.4 is 5.32 Å². The zero-order chi connectivity index (χ0) is 7.56. The molecular weight excluding hydrogens is 128 g/mol. The Morgan fingerprint density at radius 2 is 2.40 bits per heavy atom. The molecule has 1 atom stereocenters. The monoisotopic (exact) mass is 142 g/mol. The summed E-state index contributed by atoms with van der Waals surface area (Å²) in [6, 6.07) is 0. The third-order valence-electron chi connectivity index (χ3n) is 1.54. The molecule has 1 aliphatic rings. The summed E-state index contributed by atoms with van der Waals surface area (Å²) in [6.07, 6.45) is -0.289. The lowest BCUT2D eigenvalue weighted by Gasteiger charge is -2.20. The van der Waals surface area contributed by atoms with E-state index < -0.39 is 0 Å². The van der Waals surface area contributed by atoms with Crippen LogP contribution in [-0.4, -0.2) is 30.1 Å². The molecule has 0 bridgehead atoms. The van der Waals surface area contributed by atoms with Gasteiger partial charge >= 0.3 is 0 Å². The fraction of sp³-hybridized carbons (Fsp3) is 0.857. The molecule has 58 valence electrons. The zero-order valence-corrected chi connectivity index (χ0v) is 6.46. The van der Waals surface area contributed by atoms with Crippen LogP contribution in [0, 0.1) is 5.92 Å². The first kappa shape index (κ1) is 7.54. The summed E-state index contributed by atoms with van der Waals surface area (Å²) < 4.78 is 0. The topological polar surface area (TPSA) is 44.6 Å². The largest absolute Gasteiger partial charge is 0.389 e. The number of hydrogen-bond donors (Lipinski definition) is 2. The van der Waals surface area contributed by atoms with E-state index in [1.54, 1.807) is 0 Å². The van der Waals surface area contributed by atoms with Gasteiger partial charge in [-0.2, -0.15) is 0 Å². The van der Waals surface area contributed by atoms with E-state index in [9.17, 15) is 0 Å². The summed E-state index contributed by atoms with van der Waals surface area (Å²) in [5, 5.41) is 12.1. The normalized spacial score (nSPS) is 26.0. The maximum atomic E-state index is 9.04. The SMILES string of the molecule is CC(C)C1=NCC(O)CN1. The van der Waals surface area contributed by atoms with Gasteiger partial charge in [0.15, 0.2) is 0 Å². The van der Waals surface area contributed by atoms with Crippen molar-refractivity contribution < 1.29 is 5.11 Å². The van der Waals surface area contributed by atoms with E-state index in [1.807, 2.05) is 0 Å². The smallest absolute Gasteiger partial charge is 0.0990 e. The Balaban J connectivity index is 2.48. The van der Waals surface area contributed by atoms with Gasteiger partial charge in [-0.3, -0.25) is 4.99 Å². The average Bonchev–Trinajstić information content (AvgIpc) is 1.88. The van der Waals surface area contributed by atoms with Gasteiger partial charge in [0, 0.05) is 12.5 Å². The van der Waals surface area contributed by atoms with Gasteiger partial charge in [-0.25, -0.2) is 0 Å². The number of aliphatic imine (C=N–C) groups is 1. The number of rotatable bonds is 1. The summed E-state index contributed by atoms with van der Waals surface area (Å²) in [4.78, 5) is 4.17. The van der Waals surface area contributed by atoms with Crippen LogP contribution in [0.25, 0.3) is 0 Å². The summed E-state index contributed by atoms with van der Waals surface area (Å²) in [6.45, 7) is 5.38. The van der Waals surface area contributed by atoms with Crippen LogP contribution in [0.1, 0.15) is 13.8 Å². The van der Waals surface area contributed by atoms with Crippen LogP contribution in [0.15, 0.2) is 4.99 Å². The number of nitrogens with one attached hydrogen (secondary N) is 1. The number of aliphatic hydroxyl groups excluding tert-OH is 1. The average molecular weight is 142 g/mol. The van der Waals surface area contributed by atoms with Crippen molar-refractivity contribution in [3.63, 3.8) is 0 Å². The summed E-state index contributed by atoms with van der Waals surface area (Å²) in [5.41, 5.74) is 0. The highest BCUT2D eigenvalue weighted by Gasteiger charge is 2.13. The molecule has 1 rings (SSSR count). The minimum absolute atomic E-state index is 0.289. The van der Waals surface area contributed by atoms with E-state index in [-0.39, 0.29) is 6.10 Å². The number of aliphatic hydroxyl groups is 1. The van der Waals surface area contributed by atoms with Crippen molar-refractivity contribution in [1.82, 2.24) is 5.32 Å². The molecule has 0 aromatic carbocycles. The van der Waals surface area contributed by atoms with Crippen molar-refractivity contribution in [2.45, 2.75) is 20.0 Å². The van der Waals surface area contributed by atoms with Crippen molar-refractivity contribution in [2.24, 2.45) is 10.9 Å². The number of β-amino-alcohol motifs (C(OH)–C–C–N with tert-alkyl or cyclic N) is 1. The van der Waals surface area contributed by atoms with Gasteiger partial charge in [-0.05, 0) is 0 Å². The van der Waals surface area contributed by atoms with Crippen LogP contribution in [-0.2, 0) is 0 Å². The molecule has 0 fully saturated rings. The minimum atomic E-state index is -0.289. The highest BCUT2D eigenvalue weighted by Crippen LogP contribution is 1.99. The number of hydrogen-bond acceptors (Lipinski definition) is 3. The standard InChI is InChI=1S/C7H14N2O/c1-5(2)7-8-3-6(10)4-9-7/h5-6,10H,3-4H2,1-2H3,(H,8,9). The molecule has 1 heterocycles. The maximum absolute atomic E-state index is 9.04. The second-order valence-corrected chi connectivity index (χ2v) is 2.92. The molecule has 2 N–H and O–H groups in total. The van der Waals surface area contributed by atoms with Gasteiger partial charge in [0.2, 0.25) is 0 Å². The molecule has 0 spiro atoms. The Kier molecular flexibility index (Phi) is 2.27. The Hall–Kier alpha value is -0.570. The summed E-state index contributed by atoms with van der Waals surface area (Å²) in [7, 11) is 0. The molecule has 1 unspecified atom stereocenters. The molecule has 3 heteroatoms. The van der Waals surface area contributed by atoms with Gasteiger partial charge in [0.25, 0.3) is 0 Å². The quantitative estimate of drug-likeness (QED) is 0.541. The van der Waals surface area contributed by atoms with Gasteiger partial charge in [0.1, 0.15) is 0 Å². The van der Waals surface area contributed by atoms with Gasteiger partial charge in [0.05, 0.1) is 18.5 Å². The number of nitrogens with zero attached hydrogens (tertiary/aromatic N) is 1. The second-order valence-electron chi connectivity index (χ2n) is 2.92. The Labute approximate surface area is 61.2 Å². The number of amidine groups is 1. The molecule has 3 nitrogen and oxygen atoms in total. The molecule has 1 aliphatic heterocycles. The third-order valence-corrected chi connectivity index (χ3v) is 1.54. The first-order valence-electron chi connectivity index (χ1n) is 3.66. The summed E-state index contributed by atoms with van der Waals surface area (Å²) >= 11 is 0. The lowest BCUT2D eigenvalue weighted by Crippen LogP contribution is -2.41. The molecule has 0 saturated heterocycles. The van der Waals surface area contributed by atoms with Gasteiger partial charge in [-0.15, -0.1) is 0 Å². The highest BCUT2D eigenvalue weighted by atomic mass is 16.3. The lowest BCUT2D eigenvalue weighted by molar-refractivity contribution is 0.180. The predicted molar refractivity (Wildman–Crippen MR) is 41.1 cm³/mol. The van der Waals surface area contributed by atoms with Gasteiger partial charge in [-0.1, -0.05) is 13.8 Å². The Bertz CT molecular complexity index is 143. The molecule has 0 amide bonds. The van der Waals surface area contributed by atoms with Crippen LogP contribution in [0.5, 0.6) is 0 Å². The molecule has 0 aromatic rings. The molecule has 0 radical (unpaired) electrons. The molecule has 0 aliphatic carbocycles. The van der Waals surface area contributed by atoms with Crippen LogP contribution in [0.4, 0.5) is 0 Å². The highest BCUT2D eigenvalue weighted by molar-refractivity contribution is 5.84. The lowest BCUT2D eigenvalue weighted by atomic mass is 10.1. The van der Waals surface area contributed by atoms with Gasteiger partial charge < -0.3 is 10.4 Å². The van der Waals surface area contributed by atoms with E-state index >= 15 is 0 Å². The first-order valence-corrected chi connectivity index (χ1v) is 3.66. The van der Waals surface area contributed by atoms with Crippen molar-refractivity contribution in [1.29, 1.82) is 0 Å². The zero-order valence-electron chi connectivity index (χ0n) is 6.46. The Morgan fingerprint density at radius 1 is 1.70 bits per heavy atom. The van der Waals surface area contributed by atoms with E-state index in [1.165, 1.54) is 0 Å². The molecule has 0 aromatic heterocycles. The van der Waals surface area contributed by atoms with Crippen molar-refractivity contribution >= 4 is 5.84 Å². The van der Waals surface area contributed by atoms with E-state index in [0.717, 1.165) is 5.84 Å².